The minimum Gasteiger partial charge on any atom is -0.310 e. The van der Waals surface area contributed by atoms with E-state index in [2.05, 4.69) is 218 Å². The van der Waals surface area contributed by atoms with Crippen LogP contribution in [-0.4, -0.2) is 0 Å². The molecule has 0 bridgehead atoms. The number of para-hydroxylation sites is 1. The maximum atomic E-state index is 2.38. The summed E-state index contributed by atoms with van der Waals surface area (Å²) in [5.41, 5.74) is 11.6. The molecule has 0 aromatic heterocycles. The van der Waals surface area contributed by atoms with Crippen molar-refractivity contribution >= 4 is 67.8 Å². The molecule has 8 aromatic rings. The molecule has 8 aromatic carbocycles. The number of hydrogen-bond donors (Lipinski definition) is 0. The van der Waals surface area contributed by atoms with Crippen LogP contribution in [0.15, 0.2) is 182 Å². The summed E-state index contributed by atoms with van der Waals surface area (Å²) < 4.78 is 0. The van der Waals surface area contributed by atoms with Crippen molar-refractivity contribution in [3.8, 4) is 0 Å². The average Bonchev–Trinajstić information content (AvgIpc) is 3.15. The molecule has 0 aliphatic heterocycles. The molecular formula is C48H38N2. The molecule has 2 nitrogen and oxygen atoms in total. The first-order chi connectivity index (χ1) is 24.6. The smallest absolute Gasteiger partial charge is 0.0540 e. The van der Waals surface area contributed by atoms with Gasteiger partial charge in [0.25, 0.3) is 0 Å². The molecule has 50 heavy (non-hydrogen) atoms. The van der Waals surface area contributed by atoms with Crippen molar-refractivity contribution < 1.29 is 0 Å². The van der Waals surface area contributed by atoms with Gasteiger partial charge in [0.2, 0.25) is 0 Å². The number of aryl methyl sites for hydroxylation is 2. The summed E-state index contributed by atoms with van der Waals surface area (Å²) in [4.78, 5) is 4.69. The molecule has 0 heterocycles. The summed E-state index contributed by atoms with van der Waals surface area (Å²) in [5.74, 6) is 0. The first kappa shape index (κ1) is 30.9. The Hall–Kier alpha value is -6.38. The third-order valence-corrected chi connectivity index (χ3v) is 9.25. The van der Waals surface area contributed by atoms with Crippen LogP contribution in [0.3, 0.4) is 0 Å². The van der Waals surface area contributed by atoms with Gasteiger partial charge in [-0.3, -0.25) is 0 Å². The fourth-order valence-electron chi connectivity index (χ4n) is 6.91. The Morgan fingerprint density at radius 1 is 0.340 bits per heavy atom. The van der Waals surface area contributed by atoms with Gasteiger partial charge in [0.15, 0.2) is 0 Å². The number of rotatable bonds is 8. The van der Waals surface area contributed by atoms with Gasteiger partial charge in [0.05, 0.1) is 5.69 Å². The third-order valence-electron chi connectivity index (χ3n) is 9.25. The predicted molar refractivity (Wildman–Crippen MR) is 216 cm³/mol. The molecular weight excluding hydrogens is 605 g/mol. The monoisotopic (exact) mass is 642 g/mol. The zero-order valence-corrected chi connectivity index (χ0v) is 28.4. The SMILES string of the molecule is Cc1cc(C)cc(N(c2ccc(C=Cc3ccc(N(c4ccccc4)c4ccc5ccccc5c4)cc3)cc2)c2cccc3ccccc23)c1. The van der Waals surface area contributed by atoms with Gasteiger partial charge >= 0.3 is 0 Å². The number of anilines is 6. The zero-order chi connectivity index (χ0) is 33.9. The summed E-state index contributed by atoms with van der Waals surface area (Å²) in [6.45, 7) is 4.34. The number of hydrogen-bond acceptors (Lipinski definition) is 2. The first-order valence-electron chi connectivity index (χ1n) is 17.2. The molecule has 0 saturated heterocycles. The van der Waals surface area contributed by atoms with Crippen LogP contribution >= 0.6 is 0 Å². The molecule has 0 atom stereocenters. The van der Waals surface area contributed by atoms with Gasteiger partial charge in [0, 0.05) is 33.8 Å². The lowest BCUT2D eigenvalue weighted by molar-refractivity contribution is 1.26. The van der Waals surface area contributed by atoms with Crippen LogP contribution in [0.25, 0.3) is 33.7 Å². The highest BCUT2D eigenvalue weighted by Crippen LogP contribution is 2.40. The van der Waals surface area contributed by atoms with Gasteiger partial charge in [-0.05, 0) is 119 Å². The fraction of sp³-hybridized carbons (Fsp3) is 0.0417. The van der Waals surface area contributed by atoms with Crippen LogP contribution < -0.4 is 9.80 Å². The van der Waals surface area contributed by atoms with Gasteiger partial charge in [-0.1, -0.05) is 127 Å². The molecule has 0 amide bonds. The highest BCUT2D eigenvalue weighted by Gasteiger charge is 2.16. The average molecular weight is 643 g/mol. The second kappa shape index (κ2) is 13.6. The fourth-order valence-corrected chi connectivity index (χ4v) is 6.91. The maximum absolute atomic E-state index is 2.38. The predicted octanol–water partition coefficient (Wildman–Crippen LogP) is 13.7. The summed E-state index contributed by atoms with van der Waals surface area (Å²) >= 11 is 0. The second-order valence-corrected chi connectivity index (χ2v) is 12.9. The van der Waals surface area contributed by atoms with Crippen LogP contribution in [-0.2, 0) is 0 Å². The highest BCUT2D eigenvalue weighted by atomic mass is 15.1. The van der Waals surface area contributed by atoms with Crippen molar-refractivity contribution in [3.63, 3.8) is 0 Å². The lowest BCUT2D eigenvalue weighted by Crippen LogP contribution is -2.11. The topological polar surface area (TPSA) is 6.48 Å². The van der Waals surface area contributed by atoms with Crippen LogP contribution in [0.4, 0.5) is 34.1 Å². The van der Waals surface area contributed by atoms with Gasteiger partial charge in [-0.15, -0.1) is 0 Å². The minimum atomic E-state index is 1.12. The van der Waals surface area contributed by atoms with E-state index in [9.17, 15) is 0 Å². The van der Waals surface area contributed by atoms with E-state index in [1.165, 1.54) is 38.4 Å². The lowest BCUT2D eigenvalue weighted by Gasteiger charge is -2.27. The Balaban J connectivity index is 1.08. The van der Waals surface area contributed by atoms with Crippen LogP contribution in [0, 0.1) is 13.8 Å². The Morgan fingerprint density at radius 2 is 0.860 bits per heavy atom. The Morgan fingerprint density at radius 3 is 1.54 bits per heavy atom. The molecule has 0 saturated carbocycles. The van der Waals surface area contributed by atoms with E-state index >= 15 is 0 Å². The normalized spacial score (nSPS) is 11.3. The Kier molecular flexibility index (Phi) is 8.42. The number of benzene rings is 8. The molecule has 0 fully saturated rings. The standard InChI is InChI=1S/C48H38N2/c1-35-31-36(2)33-46(32-35)50(48-18-10-14-40-12-8-9-17-47(40)48)44-28-23-38(24-29-44)20-19-37-21-26-43(27-22-37)49(42-15-4-3-5-16-42)45-30-25-39-11-6-7-13-41(39)34-45/h3-34H,1-2H3. The van der Waals surface area contributed by atoms with E-state index in [1.807, 2.05) is 0 Å². The van der Waals surface area contributed by atoms with Crippen LogP contribution in [0.5, 0.6) is 0 Å². The molecule has 2 heteroatoms. The highest BCUT2D eigenvalue weighted by molar-refractivity contribution is 5.99. The van der Waals surface area contributed by atoms with Gasteiger partial charge in [-0.25, -0.2) is 0 Å². The molecule has 0 spiro atoms. The molecule has 8 rings (SSSR count). The summed E-state index contributed by atoms with van der Waals surface area (Å²) in [6.07, 6.45) is 4.38. The van der Waals surface area contributed by atoms with Crippen LogP contribution in [0.1, 0.15) is 22.3 Å². The van der Waals surface area contributed by atoms with E-state index in [1.54, 1.807) is 0 Å². The Bertz CT molecular complexity index is 2420. The minimum absolute atomic E-state index is 1.12. The first-order valence-corrected chi connectivity index (χ1v) is 17.2. The Labute approximate surface area is 294 Å². The van der Waals surface area contributed by atoms with E-state index < -0.39 is 0 Å². The van der Waals surface area contributed by atoms with E-state index in [-0.39, 0.29) is 0 Å². The zero-order valence-electron chi connectivity index (χ0n) is 28.4. The molecule has 0 unspecified atom stereocenters. The van der Waals surface area contributed by atoms with Crippen LogP contribution in [0.2, 0.25) is 0 Å². The maximum Gasteiger partial charge on any atom is 0.0540 e. The van der Waals surface area contributed by atoms with E-state index in [0.29, 0.717) is 0 Å². The van der Waals surface area contributed by atoms with Crippen molar-refractivity contribution in [1.29, 1.82) is 0 Å². The molecule has 240 valence electrons. The van der Waals surface area contributed by atoms with Gasteiger partial charge in [0.1, 0.15) is 0 Å². The van der Waals surface area contributed by atoms with E-state index in [0.717, 1.165) is 39.6 Å². The summed E-state index contributed by atoms with van der Waals surface area (Å²) in [7, 11) is 0. The molecule has 0 aliphatic carbocycles. The largest absolute Gasteiger partial charge is 0.310 e. The summed E-state index contributed by atoms with van der Waals surface area (Å²) in [5, 5.41) is 4.93. The molecule has 0 aliphatic rings. The van der Waals surface area contributed by atoms with Gasteiger partial charge < -0.3 is 9.80 Å². The third kappa shape index (κ3) is 6.40. The quantitative estimate of drug-likeness (QED) is 0.152. The van der Waals surface area contributed by atoms with Gasteiger partial charge in [-0.2, -0.15) is 0 Å². The van der Waals surface area contributed by atoms with Crippen molar-refractivity contribution in [2.75, 3.05) is 9.80 Å². The summed E-state index contributed by atoms with van der Waals surface area (Å²) in [6, 6.07) is 65.4. The molecule has 0 radical (unpaired) electrons. The number of nitrogens with zero attached hydrogens (tertiary/aromatic N) is 2. The van der Waals surface area contributed by atoms with E-state index in [4.69, 9.17) is 0 Å². The van der Waals surface area contributed by atoms with Crippen molar-refractivity contribution in [2.45, 2.75) is 13.8 Å². The number of fused-ring (bicyclic) bond motifs is 2. The second-order valence-electron chi connectivity index (χ2n) is 12.9. The lowest BCUT2D eigenvalue weighted by atomic mass is 10.0. The van der Waals surface area contributed by atoms with Crippen molar-refractivity contribution in [3.05, 3.63) is 204 Å². The van der Waals surface area contributed by atoms with Crippen molar-refractivity contribution in [1.82, 2.24) is 0 Å². The van der Waals surface area contributed by atoms with Crippen molar-refractivity contribution in [2.24, 2.45) is 0 Å². The molecule has 0 N–H and O–H groups in total.